The third kappa shape index (κ3) is 3.14. The molecule has 7 heteroatoms. The van der Waals surface area contributed by atoms with E-state index in [1.807, 2.05) is 42.7 Å². The van der Waals surface area contributed by atoms with Gasteiger partial charge in [0.05, 0.1) is 0 Å². The minimum absolute atomic E-state index is 0.204. The Morgan fingerprint density at radius 2 is 2.04 bits per heavy atom. The molecule has 1 aliphatic carbocycles. The topological polar surface area (TPSA) is 82.9 Å². The maximum Gasteiger partial charge on any atom is 0.252 e. The molecule has 2 aromatic rings. The molecule has 0 aliphatic heterocycles. The first-order chi connectivity index (χ1) is 11.4. The van der Waals surface area contributed by atoms with Gasteiger partial charge in [0.15, 0.2) is 10.4 Å². The summed E-state index contributed by atoms with van der Waals surface area (Å²) >= 11 is 5.21. The molecule has 1 amide bonds. The van der Waals surface area contributed by atoms with Crippen molar-refractivity contribution in [1.82, 2.24) is 20.1 Å². The highest BCUT2D eigenvalue weighted by Gasteiger charge is 2.41. The second-order valence-corrected chi connectivity index (χ2v) is 6.96. The molecule has 0 atom stereocenters. The molecule has 128 valence electrons. The summed E-state index contributed by atoms with van der Waals surface area (Å²) < 4.78 is 2.51. The first-order valence-electron chi connectivity index (χ1n) is 8.14. The van der Waals surface area contributed by atoms with E-state index in [4.69, 9.17) is 12.2 Å². The molecule has 1 aromatic heterocycles. The monoisotopic (exact) mass is 346 g/mol. The van der Waals surface area contributed by atoms with Crippen molar-refractivity contribution in [3.63, 3.8) is 0 Å². The lowest BCUT2D eigenvalue weighted by Crippen LogP contribution is -2.48. The van der Waals surface area contributed by atoms with Gasteiger partial charge in [-0.3, -0.25) is 9.89 Å². The van der Waals surface area contributed by atoms with Crippen molar-refractivity contribution in [3.8, 4) is 0 Å². The fourth-order valence-corrected chi connectivity index (χ4v) is 3.62. The highest BCUT2D eigenvalue weighted by atomic mass is 32.1. The van der Waals surface area contributed by atoms with Crippen LogP contribution in [0.5, 0.6) is 0 Å². The van der Waals surface area contributed by atoms with Crippen LogP contribution in [0.25, 0.3) is 0 Å². The lowest BCUT2D eigenvalue weighted by atomic mass is 9.99. The number of hydrogen-bond donors (Lipinski definition) is 3. The first kappa shape index (κ1) is 16.9. The average Bonchev–Trinajstić information content (AvgIpc) is 3.07. The van der Waals surface area contributed by atoms with Crippen molar-refractivity contribution in [1.29, 1.82) is 0 Å². The number of hydrogen-bond acceptors (Lipinski definition) is 4. The predicted octanol–water partition coefficient (Wildman–Crippen LogP) is 1.71. The zero-order valence-corrected chi connectivity index (χ0v) is 14.7. The minimum Gasteiger partial charge on any atom is -0.379 e. The summed E-state index contributed by atoms with van der Waals surface area (Å²) in [5.41, 5.74) is 0.721. The molecule has 1 aromatic carbocycles. The number of amides is 1. The first-order valence-corrected chi connectivity index (χ1v) is 8.55. The minimum atomic E-state index is -1.35. The number of fused-ring (bicyclic) bond motifs is 1. The standard InChI is InChI=1S/C17H22N4O2S/c1-11(2)21-14(19-20-16(21)24)7-8-18-15(22)17(23)9-12-5-3-4-6-13(12)10-17/h3-6,11,23H,7-10H2,1-2H3,(H,18,22)(H,20,24). The van der Waals surface area contributed by atoms with Gasteiger partial charge in [-0.2, -0.15) is 5.10 Å². The number of aromatic amines is 1. The Morgan fingerprint density at radius 3 is 2.62 bits per heavy atom. The van der Waals surface area contributed by atoms with Gasteiger partial charge in [0.25, 0.3) is 5.91 Å². The summed E-state index contributed by atoms with van der Waals surface area (Å²) in [5.74, 6) is 0.473. The number of aliphatic hydroxyl groups is 1. The zero-order valence-electron chi connectivity index (χ0n) is 13.9. The molecule has 0 bridgehead atoms. The smallest absolute Gasteiger partial charge is 0.252 e. The third-order valence-electron chi connectivity index (χ3n) is 4.43. The van der Waals surface area contributed by atoms with Crippen LogP contribution in [0.1, 0.15) is 36.8 Å². The maximum absolute atomic E-state index is 12.4. The summed E-state index contributed by atoms with van der Waals surface area (Å²) in [5, 5.41) is 20.5. The van der Waals surface area contributed by atoms with Gasteiger partial charge in [-0.25, -0.2) is 0 Å². The lowest BCUT2D eigenvalue weighted by molar-refractivity contribution is -0.138. The van der Waals surface area contributed by atoms with Gasteiger partial charge in [0.1, 0.15) is 5.82 Å². The van der Waals surface area contributed by atoms with E-state index in [1.165, 1.54) is 0 Å². The summed E-state index contributed by atoms with van der Waals surface area (Å²) in [6.45, 7) is 4.47. The van der Waals surface area contributed by atoms with Crippen LogP contribution in [-0.2, 0) is 24.1 Å². The van der Waals surface area contributed by atoms with Crippen molar-refractivity contribution in [2.75, 3.05) is 6.54 Å². The van der Waals surface area contributed by atoms with E-state index in [0.717, 1.165) is 17.0 Å². The van der Waals surface area contributed by atoms with Crippen LogP contribution < -0.4 is 5.32 Å². The normalized spacial score (nSPS) is 15.5. The van der Waals surface area contributed by atoms with E-state index in [-0.39, 0.29) is 11.9 Å². The number of nitrogens with one attached hydrogen (secondary N) is 2. The van der Waals surface area contributed by atoms with Crippen LogP contribution in [0.3, 0.4) is 0 Å². The van der Waals surface area contributed by atoms with E-state index < -0.39 is 5.60 Å². The van der Waals surface area contributed by atoms with Gasteiger partial charge in [0, 0.05) is 31.8 Å². The molecule has 0 saturated carbocycles. The van der Waals surface area contributed by atoms with Gasteiger partial charge in [-0.15, -0.1) is 0 Å². The number of carbonyl (C=O) groups excluding carboxylic acids is 1. The molecular weight excluding hydrogens is 324 g/mol. The number of nitrogens with zero attached hydrogens (tertiary/aromatic N) is 2. The van der Waals surface area contributed by atoms with Crippen LogP contribution in [0, 0.1) is 4.77 Å². The van der Waals surface area contributed by atoms with Crippen molar-refractivity contribution < 1.29 is 9.90 Å². The Hall–Kier alpha value is -1.99. The second-order valence-electron chi connectivity index (χ2n) is 6.57. The van der Waals surface area contributed by atoms with Crippen LogP contribution in [0.2, 0.25) is 0 Å². The Labute approximate surface area is 145 Å². The largest absolute Gasteiger partial charge is 0.379 e. The van der Waals surface area contributed by atoms with Crippen molar-refractivity contribution in [2.45, 2.75) is 44.8 Å². The summed E-state index contributed by atoms with van der Waals surface area (Å²) in [6, 6.07) is 7.98. The highest BCUT2D eigenvalue weighted by molar-refractivity contribution is 7.71. The van der Waals surface area contributed by atoms with Crippen LogP contribution in [0.4, 0.5) is 0 Å². The number of rotatable bonds is 5. The van der Waals surface area contributed by atoms with Gasteiger partial charge in [-0.1, -0.05) is 24.3 Å². The van der Waals surface area contributed by atoms with Gasteiger partial charge >= 0.3 is 0 Å². The van der Waals surface area contributed by atoms with Crippen molar-refractivity contribution in [3.05, 3.63) is 46.0 Å². The Balaban J connectivity index is 1.60. The van der Waals surface area contributed by atoms with E-state index in [1.54, 1.807) is 0 Å². The predicted molar refractivity (Wildman–Crippen MR) is 93.3 cm³/mol. The van der Waals surface area contributed by atoms with Gasteiger partial charge in [0.2, 0.25) is 0 Å². The molecule has 1 aliphatic rings. The Bertz CT molecular complexity index is 784. The molecule has 24 heavy (non-hydrogen) atoms. The van der Waals surface area contributed by atoms with Crippen molar-refractivity contribution >= 4 is 18.1 Å². The average molecular weight is 346 g/mol. The Kier molecular flexibility index (Phi) is 4.56. The second kappa shape index (κ2) is 6.49. The molecular formula is C17H22N4O2S. The molecule has 3 N–H and O–H groups in total. The van der Waals surface area contributed by atoms with Crippen LogP contribution >= 0.6 is 12.2 Å². The van der Waals surface area contributed by atoms with Crippen LogP contribution in [0.15, 0.2) is 24.3 Å². The lowest BCUT2D eigenvalue weighted by Gasteiger charge is -2.21. The molecule has 1 heterocycles. The van der Waals surface area contributed by atoms with Crippen LogP contribution in [-0.4, -0.2) is 37.9 Å². The SMILES string of the molecule is CC(C)n1c(CCNC(=O)C2(O)Cc3ccccc3C2)n[nH]c1=S. The molecule has 6 nitrogen and oxygen atoms in total. The van der Waals surface area contributed by atoms with Gasteiger partial charge in [-0.05, 0) is 37.2 Å². The van der Waals surface area contributed by atoms with E-state index in [2.05, 4.69) is 15.5 Å². The number of aromatic nitrogens is 3. The fourth-order valence-electron chi connectivity index (χ4n) is 3.25. The summed E-state index contributed by atoms with van der Waals surface area (Å²) in [6.07, 6.45) is 1.28. The third-order valence-corrected chi connectivity index (χ3v) is 4.72. The quantitative estimate of drug-likeness (QED) is 0.720. The van der Waals surface area contributed by atoms with Gasteiger partial charge < -0.3 is 15.0 Å². The number of benzene rings is 1. The highest BCUT2D eigenvalue weighted by Crippen LogP contribution is 2.30. The zero-order chi connectivity index (χ0) is 17.3. The molecule has 3 rings (SSSR count). The molecule has 0 radical (unpaired) electrons. The van der Waals surface area contributed by atoms with Crippen molar-refractivity contribution in [2.24, 2.45) is 0 Å². The summed E-state index contributed by atoms with van der Waals surface area (Å²) in [4.78, 5) is 12.4. The fraction of sp³-hybridized carbons (Fsp3) is 0.471. The van der Waals surface area contributed by atoms with E-state index in [9.17, 15) is 9.90 Å². The van der Waals surface area contributed by atoms with E-state index >= 15 is 0 Å². The molecule has 0 spiro atoms. The Morgan fingerprint density at radius 1 is 1.42 bits per heavy atom. The van der Waals surface area contributed by atoms with E-state index in [0.29, 0.717) is 30.6 Å². The number of H-pyrrole nitrogens is 1. The number of carbonyl (C=O) groups is 1. The molecule has 0 fully saturated rings. The maximum atomic E-state index is 12.4. The molecule has 0 unspecified atom stereocenters. The summed E-state index contributed by atoms with van der Waals surface area (Å²) in [7, 11) is 0. The molecule has 0 saturated heterocycles.